The molecule has 0 heterocycles. The second-order valence-electron chi connectivity index (χ2n) is 6.76. The summed E-state index contributed by atoms with van der Waals surface area (Å²) in [7, 11) is 0. The van der Waals surface area contributed by atoms with Gasteiger partial charge >= 0.3 is 0 Å². The van der Waals surface area contributed by atoms with Gasteiger partial charge < -0.3 is 10.5 Å². The Balaban J connectivity index is 1.79. The maximum atomic E-state index is 6.16. The topological polar surface area (TPSA) is 35.2 Å². The average Bonchev–Trinajstić information content (AvgIpc) is 2.59. The van der Waals surface area contributed by atoms with Crippen molar-refractivity contribution in [3.8, 4) is 11.5 Å². The van der Waals surface area contributed by atoms with Gasteiger partial charge in [-0.1, -0.05) is 56.5 Å². The van der Waals surface area contributed by atoms with Gasteiger partial charge in [-0.15, -0.1) is 0 Å². The molecule has 23 heavy (non-hydrogen) atoms. The van der Waals surface area contributed by atoms with Crippen LogP contribution in [0.3, 0.4) is 0 Å². The summed E-state index contributed by atoms with van der Waals surface area (Å²) < 4.78 is 5.99. The molecule has 2 heteroatoms. The highest BCUT2D eigenvalue weighted by Crippen LogP contribution is 2.40. The Bertz CT molecular complexity index is 610. The summed E-state index contributed by atoms with van der Waals surface area (Å²) in [5.74, 6) is 3.66. The normalized spacial score (nSPS) is 22.5. The van der Waals surface area contributed by atoms with E-state index in [1.807, 2.05) is 36.4 Å². The van der Waals surface area contributed by atoms with Crippen LogP contribution in [0.4, 0.5) is 0 Å². The molecule has 0 spiro atoms. The lowest BCUT2D eigenvalue weighted by Crippen LogP contribution is -2.28. The van der Waals surface area contributed by atoms with E-state index < -0.39 is 0 Å². The molecule has 0 aliphatic heterocycles. The van der Waals surface area contributed by atoms with Gasteiger partial charge in [-0.25, -0.2) is 0 Å². The van der Waals surface area contributed by atoms with Gasteiger partial charge in [-0.05, 0) is 60.5 Å². The number of para-hydroxylation sites is 1. The molecule has 3 atom stereocenters. The van der Waals surface area contributed by atoms with Gasteiger partial charge in [0.1, 0.15) is 11.5 Å². The first-order chi connectivity index (χ1) is 11.3. The SMILES string of the molecule is CC1CCCCC1C(CN)c1cccc(Oc2ccccc2)c1. The Morgan fingerprint density at radius 2 is 1.74 bits per heavy atom. The molecule has 0 bridgehead atoms. The molecule has 0 radical (unpaired) electrons. The molecular formula is C21H27NO. The first kappa shape index (κ1) is 16.1. The molecule has 2 aromatic rings. The fraction of sp³-hybridized carbons (Fsp3) is 0.429. The Hall–Kier alpha value is -1.80. The molecule has 1 fully saturated rings. The molecule has 3 unspecified atom stereocenters. The lowest BCUT2D eigenvalue weighted by Gasteiger charge is -2.35. The van der Waals surface area contributed by atoms with E-state index in [9.17, 15) is 0 Å². The second-order valence-corrected chi connectivity index (χ2v) is 6.76. The van der Waals surface area contributed by atoms with Crippen LogP contribution in [0.25, 0.3) is 0 Å². The zero-order valence-corrected chi connectivity index (χ0v) is 13.9. The number of hydrogen-bond donors (Lipinski definition) is 1. The number of rotatable bonds is 5. The van der Waals surface area contributed by atoms with E-state index in [0.29, 0.717) is 18.4 Å². The summed E-state index contributed by atoms with van der Waals surface area (Å²) in [6, 6.07) is 18.4. The van der Waals surface area contributed by atoms with E-state index in [2.05, 4.69) is 25.1 Å². The largest absolute Gasteiger partial charge is 0.457 e. The minimum Gasteiger partial charge on any atom is -0.457 e. The number of nitrogens with two attached hydrogens (primary N) is 1. The molecule has 1 aliphatic carbocycles. The van der Waals surface area contributed by atoms with Crippen molar-refractivity contribution in [2.24, 2.45) is 17.6 Å². The van der Waals surface area contributed by atoms with Crippen molar-refractivity contribution in [2.45, 2.75) is 38.5 Å². The standard InChI is InChI=1S/C21H27NO/c1-16-8-5-6-13-20(16)21(15-22)17-9-7-12-19(14-17)23-18-10-3-2-4-11-18/h2-4,7,9-12,14,16,20-21H,5-6,8,13,15,22H2,1H3. The molecule has 0 saturated heterocycles. The molecule has 0 aromatic heterocycles. The quantitative estimate of drug-likeness (QED) is 0.808. The molecular weight excluding hydrogens is 282 g/mol. The fourth-order valence-corrected chi connectivity index (χ4v) is 3.93. The number of benzene rings is 2. The van der Waals surface area contributed by atoms with Crippen LogP contribution in [0, 0.1) is 11.8 Å². The van der Waals surface area contributed by atoms with E-state index in [0.717, 1.165) is 17.4 Å². The van der Waals surface area contributed by atoms with Gasteiger partial charge in [0, 0.05) is 0 Å². The van der Waals surface area contributed by atoms with E-state index in [1.165, 1.54) is 31.2 Å². The van der Waals surface area contributed by atoms with E-state index in [4.69, 9.17) is 10.5 Å². The smallest absolute Gasteiger partial charge is 0.127 e. The summed E-state index contributed by atoms with van der Waals surface area (Å²) in [5.41, 5.74) is 7.48. The van der Waals surface area contributed by atoms with Crippen LogP contribution in [0.15, 0.2) is 54.6 Å². The summed E-state index contributed by atoms with van der Waals surface area (Å²) in [6.45, 7) is 3.10. The predicted octanol–water partition coefficient (Wildman–Crippen LogP) is 5.35. The summed E-state index contributed by atoms with van der Waals surface area (Å²) in [6.07, 6.45) is 5.34. The molecule has 2 nitrogen and oxygen atoms in total. The molecule has 2 N–H and O–H groups in total. The van der Waals surface area contributed by atoms with Gasteiger partial charge in [0.15, 0.2) is 0 Å². The zero-order valence-electron chi connectivity index (χ0n) is 13.9. The molecule has 1 saturated carbocycles. The third-order valence-electron chi connectivity index (χ3n) is 5.21. The lowest BCUT2D eigenvalue weighted by molar-refractivity contribution is 0.218. The highest BCUT2D eigenvalue weighted by molar-refractivity contribution is 5.35. The van der Waals surface area contributed by atoms with Crippen molar-refractivity contribution in [1.29, 1.82) is 0 Å². The molecule has 1 aliphatic rings. The van der Waals surface area contributed by atoms with Crippen molar-refractivity contribution < 1.29 is 4.74 Å². The highest BCUT2D eigenvalue weighted by Gasteiger charge is 2.29. The van der Waals surface area contributed by atoms with Crippen molar-refractivity contribution >= 4 is 0 Å². The molecule has 122 valence electrons. The minimum atomic E-state index is 0.435. The van der Waals surface area contributed by atoms with Crippen molar-refractivity contribution in [3.63, 3.8) is 0 Å². The maximum Gasteiger partial charge on any atom is 0.127 e. The third kappa shape index (κ3) is 3.94. The van der Waals surface area contributed by atoms with Crippen molar-refractivity contribution in [3.05, 3.63) is 60.2 Å². The van der Waals surface area contributed by atoms with Crippen LogP contribution in [0.5, 0.6) is 11.5 Å². The second kappa shape index (κ2) is 7.65. The first-order valence-corrected chi connectivity index (χ1v) is 8.81. The van der Waals surface area contributed by atoms with Gasteiger partial charge in [0.25, 0.3) is 0 Å². The Kier molecular flexibility index (Phi) is 5.35. The van der Waals surface area contributed by atoms with Crippen molar-refractivity contribution in [1.82, 2.24) is 0 Å². The summed E-state index contributed by atoms with van der Waals surface area (Å²) in [5, 5.41) is 0. The number of hydrogen-bond acceptors (Lipinski definition) is 2. The maximum absolute atomic E-state index is 6.16. The van der Waals surface area contributed by atoms with Crippen LogP contribution in [-0.2, 0) is 0 Å². The van der Waals surface area contributed by atoms with Gasteiger partial charge in [-0.3, -0.25) is 0 Å². The zero-order chi connectivity index (χ0) is 16.1. The number of ether oxygens (including phenoxy) is 1. The van der Waals surface area contributed by atoms with E-state index >= 15 is 0 Å². The van der Waals surface area contributed by atoms with Crippen LogP contribution in [0.1, 0.15) is 44.1 Å². The predicted molar refractivity (Wildman–Crippen MR) is 95.9 cm³/mol. The highest BCUT2D eigenvalue weighted by atomic mass is 16.5. The first-order valence-electron chi connectivity index (χ1n) is 8.81. The Morgan fingerprint density at radius 3 is 2.48 bits per heavy atom. The lowest BCUT2D eigenvalue weighted by atomic mass is 9.71. The van der Waals surface area contributed by atoms with Gasteiger partial charge in [0.05, 0.1) is 0 Å². The minimum absolute atomic E-state index is 0.435. The Labute approximate surface area is 139 Å². The Morgan fingerprint density at radius 1 is 1.00 bits per heavy atom. The van der Waals surface area contributed by atoms with E-state index in [1.54, 1.807) is 0 Å². The summed E-state index contributed by atoms with van der Waals surface area (Å²) >= 11 is 0. The van der Waals surface area contributed by atoms with Crippen LogP contribution >= 0.6 is 0 Å². The molecule has 2 aromatic carbocycles. The summed E-state index contributed by atoms with van der Waals surface area (Å²) in [4.78, 5) is 0. The van der Waals surface area contributed by atoms with E-state index in [-0.39, 0.29) is 0 Å². The molecule has 3 rings (SSSR count). The van der Waals surface area contributed by atoms with Crippen molar-refractivity contribution in [2.75, 3.05) is 6.54 Å². The van der Waals surface area contributed by atoms with Crippen LogP contribution < -0.4 is 10.5 Å². The van der Waals surface area contributed by atoms with Crippen LogP contribution in [0.2, 0.25) is 0 Å². The monoisotopic (exact) mass is 309 g/mol. The van der Waals surface area contributed by atoms with Gasteiger partial charge in [0.2, 0.25) is 0 Å². The molecule has 0 amide bonds. The van der Waals surface area contributed by atoms with Gasteiger partial charge in [-0.2, -0.15) is 0 Å². The van der Waals surface area contributed by atoms with Crippen LogP contribution in [-0.4, -0.2) is 6.54 Å². The average molecular weight is 309 g/mol. The fourth-order valence-electron chi connectivity index (χ4n) is 3.93. The third-order valence-corrected chi connectivity index (χ3v) is 5.21.